The standard InChI is InChI=1S/C14H13Cl2N3O/c1-7-4-3-5-9(11(7)17)14(20)19-12-8(2)6-10(15)18-13(12)16/h3-6H,17H2,1-2H3,(H,19,20). The molecule has 6 heteroatoms. The molecule has 1 amide bonds. The highest BCUT2D eigenvalue weighted by molar-refractivity contribution is 6.35. The van der Waals surface area contributed by atoms with E-state index in [1.54, 1.807) is 25.1 Å². The van der Waals surface area contributed by atoms with E-state index in [9.17, 15) is 4.79 Å². The molecule has 0 spiro atoms. The fourth-order valence-electron chi connectivity index (χ4n) is 1.81. The predicted molar refractivity (Wildman–Crippen MR) is 82.5 cm³/mol. The normalized spacial score (nSPS) is 10.4. The lowest BCUT2D eigenvalue weighted by molar-refractivity contribution is 0.102. The highest BCUT2D eigenvalue weighted by Crippen LogP contribution is 2.27. The summed E-state index contributed by atoms with van der Waals surface area (Å²) < 4.78 is 0. The van der Waals surface area contributed by atoms with Gasteiger partial charge in [-0.3, -0.25) is 4.79 Å². The van der Waals surface area contributed by atoms with E-state index in [4.69, 9.17) is 28.9 Å². The van der Waals surface area contributed by atoms with Gasteiger partial charge in [0.1, 0.15) is 5.15 Å². The minimum atomic E-state index is -0.333. The summed E-state index contributed by atoms with van der Waals surface area (Å²) in [5.41, 5.74) is 8.76. The zero-order valence-corrected chi connectivity index (χ0v) is 12.5. The zero-order chi connectivity index (χ0) is 14.9. The van der Waals surface area contributed by atoms with Crippen molar-refractivity contribution in [1.29, 1.82) is 0 Å². The molecule has 0 aliphatic rings. The Hall–Kier alpha value is -1.78. The van der Waals surface area contributed by atoms with Crippen molar-refractivity contribution in [2.75, 3.05) is 11.1 Å². The molecular formula is C14H13Cl2N3O. The molecule has 0 atom stereocenters. The Balaban J connectivity index is 2.36. The number of carbonyl (C=O) groups excluding carboxylic acids is 1. The highest BCUT2D eigenvalue weighted by Gasteiger charge is 2.15. The summed E-state index contributed by atoms with van der Waals surface area (Å²) in [5.74, 6) is -0.333. The third kappa shape index (κ3) is 2.86. The number of carbonyl (C=O) groups is 1. The van der Waals surface area contributed by atoms with Crippen LogP contribution in [0.25, 0.3) is 0 Å². The van der Waals surface area contributed by atoms with Crippen molar-refractivity contribution in [2.24, 2.45) is 0 Å². The van der Waals surface area contributed by atoms with Crippen molar-refractivity contribution in [2.45, 2.75) is 13.8 Å². The fourth-order valence-corrected chi connectivity index (χ4v) is 2.38. The molecule has 20 heavy (non-hydrogen) atoms. The summed E-state index contributed by atoms with van der Waals surface area (Å²) in [7, 11) is 0. The smallest absolute Gasteiger partial charge is 0.257 e. The summed E-state index contributed by atoms with van der Waals surface area (Å²) in [5, 5.41) is 3.14. The predicted octanol–water partition coefficient (Wildman–Crippen LogP) is 3.84. The van der Waals surface area contributed by atoms with Gasteiger partial charge < -0.3 is 11.1 Å². The van der Waals surface area contributed by atoms with Gasteiger partial charge in [0.05, 0.1) is 11.3 Å². The second-order valence-electron chi connectivity index (χ2n) is 4.42. The lowest BCUT2D eigenvalue weighted by Crippen LogP contribution is -2.16. The zero-order valence-electron chi connectivity index (χ0n) is 11.0. The van der Waals surface area contributed by atoms with Gasteiger partial charge in [0, 0.05) is 5.69 Å². The van der Waals surface area contributed by atoms with E-state index in [0.29, 0.717) is 16.9 Å². The molecule has 0 unspecified atom stereocenters. The van der Waals surface area contributed by atoms with Gasteiger partial charge >= 0.3 is 0 Å². The van der Waals surface area contributed by atoms with Crippen LogP contribution in [0.4, 0.5) is 11.4 Å². The topological polar surface area (TPSA) is 68.0 Å². The second kappa shape index (κ2) is 5.69. The molecule has 1 heterocycles. The molecule has 4 nitrogen and oxygen atoms in total. The largest absolute Gasteiger partial charge is 0.398 e. The van der Waals surface area contributed by atoms with Crippen molar-refractivity contribution in [3.63, 3.8) is 0 Å². The van der Waals surface area contributed by atoms with Crippen LogP contribution >= 0.6 is 23.2 Å². The molecule has 2 rings (SSSR count). The number of amides is 1. The second-order valence-corrected chi connectivity index (χ2v) is 5.16. The van der Waals surface area contributed by atoms with E-state index < -0.39 is 0 Å². The summed E-state index contributed by atoms with van der Waals surface area (Å²) in [6.07, 6.45) is 0. The molecule has 0 radical (unpaired) electrons. The van der Waals surface area contributed by atoms with E-state index in [2.05, 4.69) is 10.3 Å². The number of benzene rings is 1. The first-order valence-electron chi connectivity index (χ1n) is 5.89. The first-order chi connectivity index (χ1) is 9.40. The number of pyridine rings is 1. The van der Waals surface area contributed by atoms with Gasteiger partial charge in [-0.05, 0) is 37.1 Å². The third-order valence-corrected chi connectivity index (χ3v) is 3.42. The van der Waals surface area contributed by atoms with Crippen LogP contribution in [0, 0.1) is 13.8 Å². The van der Waals surface area contributed by atoms with Crippen molar-refractivity contribution in [3.05, 3.63) is 51.3 Å². The number of nitrogens with one attached hydrogen (secondary N) is 1. The summed E-state index contributed by atoms with van der Waals surface area (Å²) >= 11 is 11.8. The molecule has 0 aliphatic heterocycles. The number of halogens is 2. The number of hydrogen-bond acceptors (Lipinski definition) is 3. The van der Waals surface area contributed by atoms with Crippen LogP contribution in [0.15, 0.2) is 24.3 Å². The Morgan fingerprint density at radius 3 is 2.60 bits per heavy atom. The number of para-hydroxylation sites is 1. The van der Waals surface area contributed by atoms with Crippen LogP contribution in [-0.2, 0) is 0 Å². The number of nitrogens with zero attached hydrogens (tertiary/aromatic N) is 1. The summed E-state index contributed by atoms with van der Waals surface area (Å²) in [6.45, 7) is 3.63. The minimum Gasteiger partial charge on any atom is -0.398 e. The molecule has 0 aliphatic carbocycles. The van der Waals surface area contributed by atoms with Gasteiger partial charge in [0.25, 0.3) is 5.91 Å². The Morgan fingerprint density at radius 2 is 1.95 bits per heavy atom. The van der Waals surface area contributed by atoms with Gasteiger partial charge in [-0.1, -0.05) is 35.3 Å². The van der Waals surface area contributed by atoms with E-state index >= 15 is 0 Å². The van der Waals surface area contributed by atoms with Crippen molar-refractivity contribution >= 4 is 40.5 Å². The lowest BCUT2D eigenvalue weighted by Gasteiger charge is -2.12. The van der Waals surface area contributed by atoms with Gasteiger partial charge in [0.15, 0.2) is 5.15 Å². The SMILES string of the molecule is Cc1cccc(C(=O)Nc2c(C)cc(Cl)nc2Cl)c1N. The van der Waals surface area contributed by atoms with Crippen molar-refractivity contribution < 1.29 is 4.79 Å². The van der Waals surface area contributed by atoms with Gasteiger partial charge in [-0.25, -0.2) is 4.98 Å². The number of aromatic nitrogens is 1. The van der Waals surface area contributed by atoms with Gasteiger partial charge in [-0.2, -0.15) is 0 Å². The van der Waals surface area contributed by atoms with Gasteiger partial charge in [-0.15, -0.1) is 0 Å². The van der Waals surface area contributed by atoms with Crippen LogP contribution in [-0.4, -0.2) is 10.9 Å². The average molecular weight is 310 g/mol. The molecule has 0 saturated heterocycles. The molecule has 1 aromatic heterocycles. The molecule has 104 valence electrons. The molecule has 1 aromatic carbocycles. The van der Waals surface area contributed by atoms with Crippen molar-refractivity contribution in [3.8, 4) is 0 Å². The average Bonchev–Trinajstić information content (AvgIpc) is 2.36. The maximum absolute atomic E-state index is 12.3. The Bertz CT molecular complexity index is 663. The monoisotopic (exact) mass is 309 g/mol. The first-order valence-corrected chi connectivity index (χ1v) is 6.65. The molecule has 3 N–H and O–H groups in total. The first kappa shape index (κ1) is 14.6. The van der Waals surface area contributed by atoms with Gasteiger partial charge in [0.2, 0.25) is 0 Å². The van der Waals surface area contributed by atoms with Crippen molar-refractivity contribution in [1.82, 2.24) is 4.98 Å². The quantitative estimate of drug-likeness (QED) is 0.654. The van der Waals surface area contributed by atoms with Crippen LogP contribution in [0.1, 0.15) is 21.5 Å². The minimum absolute atomic E-state index is 0.148. The molecule has 0 bridgehead atoms. The number of aryl methyl sites for hydroxylation is 2. The summed E-state index contributed by atoms with van der Waals surface area (Å²) in [6, 6.07) is 6.90. The highest BCUT2D eigenvalue weighted by atomic mass is 35.5. The number of nitrogens with two attached hydrogens (primary N) is 1. The maximum Gasteiger partial charge on any atom is 0.257 e. The lowest BCUT2D eigenvalue weighted by atomic mass is 10.1. The molecule has 2 aromatic rings. The van der Waals surface area contributed by atoms with E-state index in [-0.39, 0.29) is 16.2 Å². The van der Waals surface area contributed by atoms with Crippen LogP contribution in [0.3, 0.4) is 0 Å². The number of rotatable bonds is 2. The Labute approximate surface area is 126 Å². The third-order valence-electron chi connectivity index (χ3n) is 2.95. The van der Waals surface area contributed by atoms with E-state index in [1.165, 1.54) is 0 Å². The molecule has 0 fully saturated rings. The van der Waals surface area contributed by atoms with E-state index in [1.807, 2.05) is 13.0 Å². The Morgan fingerprint density at radius 1 is 1.25 bits per heavy atom. The van der Waals surface area contributed by atoms with Crippen LogP contribution < -0.4 is 11.1 Å². The maximum atomic E-state index is 12.3. The summed E-state index contributed by atoms with van der Waals surface area (Å²) in [4.78, 5) is 16.2. The number of nitrogen functional groups attached to an aromatic ring is 1. The number of hydrogen-bond donors (Lipinski definition) is 2. The molecular weight excluding hydrogens is 297 g/mol. The Kier molecular flexibility index (Phi) is 4.16. The van der Waals surface area contributed by atoms with Crippen LogP contribution in [0.2, 0.25) is 10.3 Å². The number of anilines is 2. The fraction of sp³-hybridized carbons (Fsp3) is 0.143. The van der Waals surface area contributed by atoms with E-state index in [0.717, 1.165) is 11.1 Å². The molecule has 0 saturated carbocycles. The van der Waals surface area contributed by atoms with Crippen LogP contribution in [0.5, 0.6) is 0 Å².